The van der Waals surface area contributed by atoms with Gasteiger partial charge in [0.1, 0.15) is 16.1 Å². The summed E-state index contributed by atoms with van der Waals surface area (Å²) in [6, 6.07) is 2.87. The molecule has 1 aromatic rings. The summed E-state index contributed by atoms with van der Waals surface area (Å²) in [7, 11) is 0. The topological polar surface area (TPSA) is 91.1 Å². The fraction of sp³-hybridized carbons (Fsp3) is 0.429. The number of amides is 2. The van der Waals surface area contributed by atoms with Gasteiger partial charge >= 0.3 is 5.97 Å². The number of rotatable bonds is 6. The van der Waals surface area contributed by atoms with Gasteiger partial charge in [0.2, 0.25) is 5.91 Å². The van der Waals surface area contributed by atoms with Crippen molar-refractivity contribution in [2.24, 2.45) is 11.8 Å². The summed E-state index contributed by atoms with van der Waals surface area (Å²) < 4.78 is 5.58. The molecule has 2 aliphatic rings. The molecule has 9 heteroatoms. The number of piperidine rings is 1. The highest BCUT2D eigenvalue weighted by Crippen LogP contribution is 2.35. The Morgan fingerprint density at radius 3 is 2.60 bits per heavy atom. The predicted octanol–water partition coefficient (Wildman–Crippen LogP) is 3.38. The standard InChI is InChI=1S/C21H24N2O5S2/c1-13(2)17(19(25)22-10-8-14(9-11-22)20(26)27)23-18(24)16(30-21(23)29)7-3-5-15-6-4-12-28-15/h3-7,12-14,17H,8-11H2,1-2H3,(H,26,27). The van der Waals surface area contributed by atoms with E-state index in [1.54, 1.807) is 41.5 Å². The van der Waals surface area contributed by atoms with Gasteiger partial charge in [-0.1, -0.05) is 43.9 Å². The predicted molar refractivity (Wildman–Crippen MR) is 118 cm³/mol. The Morgan fingerprint density at radius 1 is 1.33 bits per heavy atom. The monoisotopic (exact) mass is 448 g/mol. The van der Waals surface area contributed by atoms with Crippen LogP contribution in [0.3, 0.4) is 0 Å². The van der Waals surface area contributed by atoms with Gasteiger partial charge in [-0.3, -0.25) is 19.3 Å². The van der Waals surface area contributed by atoms with Crippen LogP contribution in [0.15, 0.2) is 39.9 Å². The molecule has 0 saturated carbocycles. The maximum Gasteiger partial charge on any atom is 0.306 e. The van der Waals surface area contributed by atoms with E-state index in [9.17, 15) is 14.4 Å². The first kappa shape index (κ1) is 22.3. The lowest BCUT2D eigenvalue weighted by Crippen LogP contribution is -2.54. The van der Waals surface area contributed by atoms with Gasteiger partial charge in [-0.2, -0.15) is 0 Å². The average Bonchev–Trinajstić information content (AvgIpc) is 3.32. The molecule has 2 amide bonds. The van der Waals surface area contributed by atoms with Crippen LogP contribution in [0.5, 0.6) is 0 Å². The molecule has 30 heavy (non-hydrogen) atoms. The van der Waals surface area contributed by atoms with Crippen molar-refractivity contribution >= 4 is 52.2 Å². The molecule has 1 N–H and O–H groups in total. The third kappa shape index (κ3) is 4.84. The number of aliphatic carboxylic acids is 1. The van der Waals surface area contributed by atoms with Crippen LogP contribution in [0.4, 0.5) is 0 Å². The van der Waals surface area contributed by atoms with E-state index in [0.717, 1.165) is 0 Å². The van der Waals surface area contributed by atoms with Crippen molar-refractivity contribution in [2.75, 3.05) is 13.1 Å². The number of likely N-dealkylation sites (tertiary alicyclic amines) is 1. The second kappa shape index (κ2) is 9.61. The Labute approximate surface area is 184 Å². The smallest absolute Gasteiger partial charge is 0.306 e. The lowest BCUT2D eigenvalue weighted by molar-refractivity contribution is -0.148. The third-order valence-corrected chi connectivity index (χ3v) is 6.54. The minimum absolute atomic E-state index is 0.143. The van der Waals surface area contributed by atoms with E-state index < -0.39 is 17.9 Å². The van der Waals surface area contributed by atoms with E-state index in [2.05, 4.69) is 0 Å². The zero-order chi connectivity index (χ0) is 21.8. The quantitative estimate of drug-likeness (QED) is 0.527. The van der Waals surface area contributed by atoms with Gasteiger partial charge in [0.05, 0.1) is 17.1 Å². The average molecular weight is 449 g/mol. The van der Waals surface area contributed by atoms with Gasteiger partial charge in [-0.05, 0) is 43.0 Å². The number of carbonyl (C=O) groups excluding carboxylic acids is 2. The molecule has 0 bridgehead atoms. The van der Waals surface area contributed by atoms with Crippen LogP contribution in [0.25, 0.3) is 6.08 Å². The molecule has 3 rings (SSSR count). The molecular weight excluding hydrogens is 424 g/mol. The maximum absolute atomic E-state index is 13.2. The van der Waals surface area contributed by atoms with Gasteiger partial charge in [0, 0.05) is 13.1 Å². The molecule has 1 unspecified atom stereocenters. The van der Waals surface area contributed by atoms with Crippen LogP contribution in [0, 0.1) is 11.8 Å². The number of carbonyl (C=O) groups is 3. The van der Waals surface area contributed by atoms with Crippen LogP contribution < -0.4 is 0 Å². The Balaban J connectivity index is 1.74. The van der Waals surface area contributed by atoms with E-state index in [0.29, 0.717) is 40.9 Å². The number of carboxylic acids is 1. The van der Waals surface area contributed by atoms with Gasteiger partial charge in [-0.25, -0.2) is 0 Å². The molecule has 3 heterocycles. The number of hydrogen-bond donors (Lipinski definition) is 1. The van der Waals surface area contributed by atoms with E-state index in [1.807, 2.05) is 13.8 Å². The molecule has 2 saturated heterocycles. The Hall–Kier alpha value is -2.39. The summed E-state index contributed by atoms with van der Waals surface area (Å²) in [5, 5.41) is 9.17. The van der Waals surface area contributed by atoms with E-state index in [1.165, 1.54) is 16.7 Å². The highest BCUT2D eigenvalue weighted by atomic mass is 32.2. The molecule has 7 nitrogen and oxygen atoms in total. The van der Waals surface area contributed by atoms with E-state index in [-0.39, 0.29) is 17.7 Å². The first-order chi connectivity index (χ1) is 14.3. The third-order valence-electron chi connectivity index (χ3n) is 5.19. The van der Waals surface area contributed by atoms with Crippen molar-refractivity contribution in [1.82, 2.24) is 9.80 Å². The van der Waals surface area contributed by atoms with Crippen LogP contribution in [-0.2, 0) is 14.4 Å². The lowest BCUT2D eigenvalue weighted by atomic mass is 9.94. The van der Waals surface area contributed by atoms with Crippen molar-refractivity contribution in [2.45, 2.75) is 32.7 Å². The van der Waals surface area contributed by atoms with E-state index in [4.69, 9.17) is 21.7 Å². The van der Waals surface area contributed by atoms with Crippen molar-refractivity contribution in [1.29, 1.82) is 0 Å². The van der Waals surface area contributed by atoms with Gasteiger partial charge in [-0.15, -0.1) is 0 Å². The van der Waals surface area contributed by atoms with Crippen LogP contribution in [0.2, 0.25) is 0 Å². The second-order valence-corrected chi connectivity index (χ2v) is 9.25. The number of thiocarbonyl (C=S) groups is 1. The van der Waals surface area contributed by atoms with Crippen molar-refractivity contribution in [3.8, 4) is 0 Å². The number of hydrogen-bond acceptors (Lipinski definition) is 6. The molecule has 0 aliphatic carbocycles. The molecule has 2 aliphatic heterocycles. The zero-order valence-electron chi connectivity index (χ0n) is 16.8. The van der Waals surface area contributed by atoms with Crippen LogP contribution in [0.1, 0.15) is 32.4 Å². The van der Waals surface area contributed by atoms with Crippen molar-refractivity contribution in [3.63, 3.8) is 0 Å². The molecule has 2 fully saturated rings. The SMILES string of the molecule is CC(C)C(C(=O)N1CCC(C(=O)O)CC1)N1C(=O)C(=CC=Cc2ccco2)SC1=S. The summed E-state index contributed by atoms with van der Waals surface area (Å²) in [6.45, 7) is 4.50. The molecule has 1 atom stereocenters. The minimum atomic E-state index is -0.827. The molecular formula is C21H24N2O5S2. The van der Waals surface area contributed by atoms with Gasteiger partial charge < -0.3 is 14.4 Å². The summed E-state index contributed by atoms with van der Waals surface area (Å²) >= 11 is 6.60. The summed E-state index contributed by atoms with van der Waals surface area (Å²) in [5.41, 5.74) is 0. The largest absolute Gasteiger partial charge is 0.481 e. The zero-order valence-corrected chi connectivity index (χ0v) is 18.4. The summed E-state index contributed by atoms with van der Waals surface area (Å²) in [6.07, 6.45) is 7.53. The second-order valence-electron chi connectivity index (χ2n) is 7.58. The first-order valence-corrected chi connectivity index (χ1v) is 11.0. The molecule has 160 valence electrons. The normalized spacial score (nSPS) is 20.7. The van der Waals surface area contributed by atoms with Crippen LogP contribution in [-0.4, -0.2) is 56.1 Å². The number of furan rings is 1. The molecule has 0 radical (unpaired) electrons. The minimum Gasteiger partial charge on any atom is -0.481 e. The number of nitrogens with zero attached hydrogens (tertiary/aromatic N) is 2. The molecule has 0 spiro atoms. The fourth-order valence-corrected chi connectivity index (χ4v) is 4.86. The summed E-state index contributed by atoms with van der Waals surface area (Å²) in [5.74, 6) is -1.20. The van der Waals surface area contributed by atoms with E-state index >= 15 is 0 Å². The van der Waals surface area contributed by atoms with Crippen molar-refractivity contribution < 1.29 is 23.9 Å². The number of allylic oxidation sites excluding steroid dienone is 2. The molecule has 0 aromatic carbocycles. The number of carboxylic acid groups (broad SMARTS) is 1. The Morgan fingerprint density at radius 2 is 2.03 bits per heavy atom. The highest BCUT2D eigenvalue weighted by Gasteiger charge is 2.43. The van der Waals surface area contributed by atoms with Crippen LogP contribution >= 0.6 is 24.0 Å². The lowest BCUT2D eigenvalue weighted by Gasteiger charge is -2.37. The maximum atomic E-state index is 13.2. The first-order valence-electron chi connectivity index (χ1n) is 9.78. The number of thioether (sulfide) groups is 1. The summed E-state index contributed by atoms with van der Waals surface area (Å²) in [4.78, 5) is 40.9. The fourth-order valence-electron chi connectivity index (χ4n) is 3.58. The highest BCUT2D eigenvalue weighted by molar-refractivity contribution is 8.26. The Kier molecular flexibility index (Phi) is 7.14. The molecule has 1 aromatic heterocycles. The Bertz CT molecular complexity index is 883. The van der Waals surface area contributed by atoms with Gasteiger partial charge in [0.15, 0.2) is 0 Å². The van der Waals surface area contributed by atoms with Crippen molar-refractivity contribution in [3.05, 3.63) is 41.2 Å². The van der Waals surface area contributed by atoms with Gasteiger partial charge in [0.25, 0.3) is 5.91 Å².